The molecule has 0 aromatic heterocycles. The number of carboxylic acids is 2. The van der Waals surface area contributed by atoms with Crippen LogP contribution in [0.1, 0.15) is 82.5 Å². The van der Waals surface area contributed by atoms with E-state index < -0.39 is 23.9 Å². The number of unbranched alkanes of at least 4 members (excludes halogenated alkanes) is 2. The summed E-state index contributed by atoms with van der Waals surface area (Å²) in [5.41, 5.74) is 4.84. The summed E-state index contributed by atoms with van der Waals surface area (Å²) in [5.74, 6) is -1.72. The van der Waals surface area contributed by atoms with E-state index in [2.05, 4.69) is 13.2 Å². The van der Waals surface area contributed by atoms with Crippen molar-refractivity contribution < 1.29 is 53.1 Å². The molecule has 11 nitrogen and oxygen atoms in total. The number of rotatable bonds is 20. The number of esters is 2. The minimum atomic E-state index is -1.09. The van der Waals surface area contributed by atoms with Gasteiger partial charge in [-0.05, 0) is 119 Å². The predicted octanol–water partition coefficient (Wildman–Crippen LogP) is 8.21. The van der Waals surface area contributed by atoms with Gasteiger partial charge in [-0.3, -0.25) is 0 Å². The number of ether oxygens (including phenoxy) is 5. The van der Waals surface area contributed by atoms with Gasteiger partial charge in [-0.2, -0.15) is 0 Å². The Kier molecular flexibility index (Phi) is 15.0. The number of hydrogen-bond donors (Lipinski definition) is 2. The SMILES string of the molecule is C=CC(=O)OCCCCOc1c(C)cc(C(=O)O)c(C)c1-c1ccc(-c2c(C)c(C(=O)O)cc(C)c2OCCCCOC(=O)C=C)c(OC(C)C)c1. The monoisotopic (exact) mass is 716 g/mol. The molecule has 0 unspecified atom stereocenters. The molecule has 2 N–H and O–H groups in total. The van der Waals surface area contributed by atoms with Gasteiger partial charge in [0, 0.05) is 28.8 Å². The van der Waals surface area contributed by atoms with Crippen molar-refractivity contribution in [1.29, 1.82) is 0 Å². The summed E-state index contributed by atoms with van der Waals surface area (Å²) < 4.78 is 29.1. The Labute approximate surface area is 304 Å². The summed E-state index contributed by atoms with van der Waals surface area (Å²) in [5, 5.41) is 20.2. The van der Waals surface area contributed by atoms with Gasteiger partial charge in [0.2, 0.25) is 0 Å². The molecule has 11 heteroatoms. The molecule has 0 atom stereocenters. The number of benzene rings is 3. The maximum Gasteiger partial charge on any atom is 0.335 e. The fourth-order valence-corrected chi connectivity index (χ4v) is 5.73. The molecular weight excluding hydrogens is 668 g/mol. The quantitative estimate of drug-likeness (QED) is 0.0660. The first-order valence-electron chi connectivity index (χ1n) is 17.1. The summed E-state index contributed by atoms with van der Waals surface area (Å²) >= 11 is 0. The Morgan fingerprint density at radius 2 is 1.12 bits per heavy atom. The molecule has 0 aliphatic carbocycles. The Bertz CT molecular complexity index is 1820. The molecule has 0 amide bonds. The van der Waals surface area contributed by atoms with Crippen molar-refractivity contribution in [1.82, 2.24) is 0 Å². The second kappa shape index (κ2) is 19.1. The Morgan fingerprint density at radius 1 is 0.673 bits per heavy atom. The van der Waals surface area contributed by atoms with Crippen LogP contribution in [0.5, 0.6) is 17.2 Å². The van der Waals surface area contributed by atoms with Crippen LogP contribution < -0.4 is 14.2 Å². The fourth-order valence-electron chi connectivity index (χ4n) is 5.73. The Hall–Kier alpha value is -5.58. The molecule has 0 saturated heterocycles. The first kappa shape index (κ1) is 40.8. The number of aromatic carboxylic acids is 2. The smallest absolute Gasteiger partial charge is 0.335 e. The van der Waals surface area contributed by atoms with Crippen molar-refractivity contribution in [2.24, 2.45) is 0 Å². The van der Waals surface area contributed by atoms with Gasteiger partial charge < -0.3 is 33.9 Å². The number of carboxylic acid groups (broad SMARTS) is 2. The maximum absolute atomic E-state index is 12.4. The van der Waals surface area contributed by atoms with Crippen LogP contribution in [0.4, 0.5) is 0 Å². The van der Waals surface area contributed by atoms with E-state index in [-0.39, 0.29) is 43.7 Å². The molecule has 0 bridgehead atoms. The summed E-state index contributed by atoms with van der Waals surface area (Å²) in [4.78, 5) is 47.4. The molecule has 3 rings (SSSR count). The summed E-state index contributed by atoms with van der Waals surface area (Å²) in [6, 6.07) is 8.62. The van der Waals surface area contributed by atoms with Gasteiger partial charge >= 0.3 is 23.9 Å². The van der Waals surface area contributed by atoms with E-state index in [1.807, 2.05) is 32.0 Å². The van der Waals surface area contributed by atoms with Crippen molar-refractivity contribution in [3.8, 4) is 39.5 Å². The van der Waals surface area contributed by atoms with E-state index >= 15 is 0 Å². The van der Waals surface area contributed by atoms with E-state index in [4.69, 9.17) is 23.7 Å². The van der Waals surface area contributed by atoms with Crippen molar-refractivity contribution in [2.75, 3.05) is 26.4 Å². The highest BCUT2D eigenvalue weighted by Gasteiger charge is 2.25. The van der Waals surface area contributed by atoms with Crippen LogP contribution >= 0.6 is 0 Å². The topological polar surface area (TPSA) is 155 Å². The Morgan fingerprint density at radius 3 is 1.56 bits per heavy atom. The lowest BCUT2D eigenvalue weighted by Crippen LogP contribution is -2.11. The van der Waals surface area contributed by atoms with Gasteiger partial charge in [-0.25, -0.2) is 19.2 Å². The number of carbonyl (C=O) groups excluding carboxylic acids is 2. The average Bonchev–Trinajstić information content (AvgIpc) is 3.09. The lowest BCUT2D eigenvalue weighted by Gasteiger charge is -2.23. The first-order valence-corrected chi connectivity index (χ1v) is 17.1. The van der Waals surface area contributed by atoms with Crippen molar-refractivity contribution in [3.05, 3.63) is 89.0 Å². The lowest BCUT2D eigenvalue weighted by molar-refractivity contribution is -0.138. The molecule has 0 spiro atoms. The van der Waals surface area contributed by atoms with E-state index in [1.54, 1.807) is 39.8 Å². The van der Waals surface area contributed by atoms with Crippen LogP contribution in [0.15, 0.2) is 55.6 Å². The second-order valence-electron chi connectivity index (χ2n) is 12.5. The van der Waals surface area contributed by atoms with Gasteiger partial charge in [-0.1, -0.05) is 19.2 Å². The zero-order chi connectivity index (χ0) is 38.5. The second-order valence-corrected chi connectivity index (χ2v) is 12.5. The largest absolute Gasteiger partial charge is 0.493 e. The summed E-state index contributed by atoms with van der Waals surface area (Å²) in [7, 11) is 0. The number of hydrogen-bond acceptors (Lipinski definition) is 9. The highest BCUT2D eigenvalue weighted by Crippen LogP contribution is 2.46. The number of aryl methyl sites for hydroxylation is 2. The molecule has 0 heterocycles. The predicted molar refractivity (Wildman–Crippen MR) is 198 cm³/mol. The third-order valence-corrected chi connectivity index (χ3v) is 8.21. The highest BCUT2D eigenvalue weighted by molar-refractivity contribution is 5.97. The minimum absolute atomic E-state index is 0.117. The van der Waals surface area contributed by atoms with Crippen LogP contribution in [0.2, 0.25) is 0 Å². The standard InChI is InChI=1S/C41H48O11/c1-9-34(42)48-17-11-13-19-50-38-25(5)21-31(40(44)45)27(7)36(38)29-15-16-30(33(23-29)52-24(3)4)37-28(8)32(41(46)47)22-26(6)39(37)51-20-14-12-18-49-35(43)10-2/h9-10,15-16,21-24H,1-2,11-14,17-20H2,3-8H3,(H,44,45)(H,46,47). The van der Waals surface area contributed by atoms with Gasteiger partial charge in [-0.15, -0.1) is 0 Å². The van der Waals surface area contributed by atoms with E-state index in [9.17, 15) is 29.4 Å². The number of carbonyl (C=O) groups is 4. The molecule has 3 aromatic carbocycles. The molecule has 0 saturated carbocycles. The highest BCUT2D eigenvalue weighted by atomic mass is 16.5. The van der Waals surface area contributed by atoms with Crippen LogP contribution in [-0.2, 0) is 19.1 Å². The Balaban J connectivity index is 2.13. The van der Waals surface area contributed by atoms with Crippen LogP contribution in [-0.4, -0.2) is 66.6 Å². The van der Waals surface area contributed by atoms with Crippen LogP contribution in [0, 0.1) is 27.7 Å². The van der Waals surface area contributed by atoms with E-state index in [1.165, 1.54) is 0 Å². The average molecular weight is 717 g/mol. The van der Waals surface area contributed by atoms with Gasteiger partial charge in [0.05, 0.1) is 43.7 Å². The first-order chi connectivity index (χ1) is 24.7. The van der Waals surface area contributed by atoms with Gasteiger partial charge in [0.25, 0.3) is 0 Å². The van der Waals surface area contributed by atoms with E-state index in [0.29, 0.717) is 87.4 Å². The molecule has 0 fully saturated rings. The molecule has 52 heavy (non-hydrogen) atoms. The molecule has 0 aliphatic rings. The van der Waals surface area contributed by atoms with Gasteiger partial charge in [0.15, 0.2) is 0 Å². The third-order valence-electron chi connectivity index (χ3n) is 8.21. The molecule has 0 radical (unpaired) electrons. The summed E-state index contributed by atoms with van der Waals surface area (Å²) in [6.45, 7) is 18.5. The van der Waals surface area contributed by atoms with Crippen LogP contribution in [0.25, 0.3) is 22.3 Å². The zero-order valence-corrected chi connectivity index (χ0v) is 30.8. The third kappa shape index (κ3) is 10.5. The molecule has 278 valence electrons. The molecular formula is C41H48O11. The lowest BCUT2D eigenvalue weighted by atomic mass is 9.88. The minimum Gasteiger partial charge on any atom is -0.493 e. The van der Waals surface area contributed by atoms with Crippen LogP contribution in [0.3, 0.4) is 0 Å². The molecule has 3 aromatic rings. The fraction of sp³-hybridized carbons (Fsp3) is 0.366. The zero-order valence-electron chi connectivity index (χ0n) is 30.8. The van der Waals surface area contributed by atoms with Gasteiger partial charge in [0.1, 0.15) is 17.2 Å². The summed E-state index contributed by atoms with van der Waals surface area (Å²) in [6.07, 6.45) is 4.19. The van der Waals surface area contributed by atoms with Crippen molar-refractivity contribution in [2.45, 2.75) is 73.3 Å². The van der Waals surface area contributed by atoms with E-state index in [0.717, 1.165) is 12.2 Å². The molecule has 0 aliphatic heterocycles. The van der Waals surface area contributed by atoms with Crippen molar-refractivity contribution >= 4 is 23.9 Å². The van der Waals surface area contributed by atoms with Crippen molar-refractivity contribution in [3.63, 3.8) is 0 Å². The maximum atomic E-state index is 12.4. The normalized spacial score (nSPS) is 10.8.